The zero-order chi connectivity index (χ0) is 18.9. The van der Waals surface area contributed by atoms with Crippen LogP contribution < -0.4 is 0 Å². The summed E-state index contributed by atoms with van der Waals surface area (Å²) in [6, 6.07) is 0. The third-order valence-corrected chi connectivity index (χ3v) is 5.82. The molecule has 0 saturated carbocycles. The first-order valence-electron chi connectivity index (χ1n) is 12.0. The van der Waals surface area contributed by atoms with Crippen LogP contribution in [0.15, 0.2) is 12.4 Å². The molecule has 0 saturated heterocycles. The normalized spacial score (nSPS) is 16.8. The molecule has 1 unspecified atom stereocenters. The quantitative estimate of drug-likeness (QED) is 0.230. The van der Waals surface area contributed by atoms with Crippen molar-refractivity contribution in [2.24, 2.45) is 0 Å². The van der Waals surface area contributed by atoms with E-state index in [1.54, 1.807) is 0 Å². The fraction of sp³-hybridized carbons (Fsp3) is 0.917. The third kappa shape index (κ3) is 10.5. The molecule has 0 radical (unpaired) electrons. The van der Waals surface area contributed by atoms with Crippen molar-refractivity contribution in [2.45, 2.75) is 130 Å². The van der Waals surface area contributed by atoms with E-state index < -0.39 is 0 Å². The molecular weight excluding hydrogens is 316 g/mol. The van der Waals surface area contributed by atoms with Gasteiger partial charge < -0.3 is 9.80 Å². The molecule has 0 N–H and O–H groups in total. The summed E-state index contributed by atoms with van der Waals surface area (Å²) >= 11 is 0. The average molecular weight is 365 g/mol. The molecular formula is C24H48N2. The minimum Gasteiger partial charge on any atom is -0.356 e. The van der Waals surface area contributed by atoms with Crippen molar-refractivity contribution in [3.05, 3.63) is 12.4 Å². The van der Waals surface area contributed by atoms with Crippen LogP contribution in [0.1, 0.15) is 124 Å². The Morgan fingerprint density at radius 1 is 0.500 bits per heavy atom. The molecule has 1 atom stereocenters. The van der Waals surface area contributed by atoms with Crippen LogP contribution in [0.2, 0.25) is 0 Å². The Morgan fingerprint density at radius 3 is 1.38 bits per heavy atom. The van der Waals surface area contributed by atoms with Gasteiger partial charge in [-0.1, -0.05) is 97.8 Å². The minimum atomic E-state index is 0.646. The molecule has 0 fully saturated rings. The van der Waals surface area contributed by atoms with Gasteiger partial charge in [-0.15, -0.1) is 0 Å². The lowest BCUT2D eigenvalue weighted by Gasteiger charge is -2.33. The van der Waals surface area contributed by atoms with Gasteiger partial charge in [0.2, 0.25) is 0 Å². The first kappa shape index (κ1) is 23.4. The summed E-state index contributed by atoms with van der Waals surface area (Å²) in [5.41, 5.74) is 0. The molecule has 0 bridgehead atoms. The molecule has 0 aromatic rings. The van der Waals surface area contributed by atoms with E-state index in [9.17, 15) is 0 Å². The van der Waals surface area contributed by atoms with Gasteiger partial charge in [-0.05, 0) is 25.7 Å². The summed E-state index contributed by atoms with van der Waals surface area (Å²) in [7, 11) is 0. The van der Waals surface area contributed by atoms with Crippen molar-refractivity contribution in [1.82, 2.24) is 9.80 Å². The van der Waals surface area contributed by atoms with E-state index in [0.717, 1.165) is 0 Å². The van der Waals surface area contributed by atoms with Crippen LogP contribution in [0.4, 0.5) is 0 Å². The molecule has 2 heteroatoms. The molecule has 0 aromatic carbocycles. The predicted octanol–water partition coefficient (Wildman–Crippen LogP) is 7.70. The van der Waals surface area contributed by atoms with Gasteiger partial charge in [0, 0.05) is 25.5 Å². The van der Waals surface area contributed by atoms with Crippen LogP contribution in [0, 0.1) is 0 Å². The highest BCUT2D eigenvalue weighted by Crippen LogP contribution is 2.23. The van der Waals surface area contributed by atoms with Gasteiger partial charge in [-0.3, -0.25) is 0 Å². The van der Waals surface area contributed by atoms with Crippen LogP contribution in [-0.4, -0.2) is 29.1 Å². The molecule has 26 heavy (non-hydrogen) atoms. The standard InChI is InChI=1S/C24H48N2/c1-4-7-10-12-13-14-15-18-21-26-23-22-25(20-17-11-8-5-2)24(26)19-16-9-6-3/h22-24H,4-21H2,1-3H3. The van der Waals surface area contributed by atoms with E-state index in [4.69, 9.17) is 0 Å². The van der Waals surface area contributed by atoms with E-state index in [1.807, 2.05) is 0 Å². The first-order chi connectivity index (χ1) is 12.8. The van der Waals surface area contributed by atoms with Gasteiger partial charge in [-0.25, -0.2) is 0 Å². The summed E-state index contributed by atoms with van der Waals surface area (Å²) in [6.07, 6.45) is 27.6. The lowest BCUT2D eigenvalue weighted by molar-refractivity contribution is 0.136. The van der Waals surface area contributed by atoms with Crippen LogP contribution in [0.25, 0.3) is 0 Å². The molecule has 1 aliphatic rings. The second kappa shape index (κ2) is 16.5. The van der Waals surface area contributed by atoms with Crippen molar-refractivity contribution in [2.75, 3.05) is 13.1 Å². The van der Waals surface area contributed by atoms with Gasteiger partial charge in [0.05, 0.1) is 0 Å². The zero-order valence-electron chi connectivity index (χ0n) is 18.4. The highest BCUT2D eigenvalue weighted by atomic mass is 15.4. The number of unbranched alkanes of at least 4 members (excludes halogenated alkanes) is 12. The third-order valence-electron chi connectivity index (χ3n) is 5.82. The van der Waals surface area contributed by atoms with E-state index in [-0.39, 0.29) is 0 Å². The Kier molecular flexibility index (Phi) is 14.8. The molecule has 2 nitrogen and oxygen atoms in total. The second-order valence-corrected chi connectivity index (χ2v) is 8.29. The van der Waals surface area contributed by atoms with Gasteiger partial charge in [-0.2, -0.15) is 0 Å². The van der Waals surface area contributed by atoms with Crippen molar-refractivity contribution in [3.63, 3.8) is 0 Å². The molecule has 1 rings (SSSR count). The maximum absolute atomic E-state index is 2.65. The Morgan fingerprint density at radius 2 is 0.885 bits per heavy atom. The fourth-order valence-corrected chi connectivity index (χ4v) is 4.07. The van der Waals surface area contributed by atoms with E-state index in [0.29, 0.717) is 6.17 Å². The number of hydrogen-bond acceptors (Lipinski definition) is 2. The molecule has 0 amide bonds. The van der Waals surface area contributed by atoms with Gasteiger partial charge in [0.1, 0.15) is 6.17 Å². The minimum absolute atomic E-state index is 0.646. The molecule has 0 spiro atoms. The lowest BCUT2D eigenvalue weighted by Crippen LogP contribution is -2.39. The Balaban J connectivity index is 2.24. The van der Waals surface area contributed by atoms with Crippen LogP contribution in [0.3, 0.4) is 0 Å². The Bertz CT molecular complexity index is 326. The number of rotatable bonds is 18. The average Bonchev–Trinajstić information content (AvgIpc) is 3.03. The van der Waals surface area contributed by atoms with E-state index >= 15 is 0 Å². The van der Waals surface area contributed by atoms with Gasteiger partial charge in [0.25, 0.3) is 0 Å². The van der Waals surface area contributed by atoms with Crippen LogP contribution in [-0.2, 0) is 0 Å². The van der Waals surface area contributed by atoms with Crippen molar-refractivity contribution < 1.29 is 0 Å². The second-order valence-electron chi connectivity index (χ2n) is 8.29. The van der Waals surface area contributed by atoms with Crippen LogP contribution >= 0.6 is 0 Å². The monoisotopic (exact) mass is 364 g/mol. The smallest absolute Gasteiger partial charge is 0.101 e. The van der Waals surface area contributed by atoms with Crippen molar-refractivity contribution >= 4 is 0 Å². The predicted molar refractivity (Wildman–Crippen MR) is 117 cm³/mol. The first-order valence-corrected chi connectivity index (χ1v) is 12.0. The van der Waals surface area contributed by atoms with Crippen LogP contribution in [0.5, 0.6) is 0 Å². The topological polar surface area (TPSA) is 6.48 Å². The number of hydrogen-bond donors (Lipinski definition) is 0. The Hall–Kier alpha value is -0.660. The SMILES string of the molecule is CCCCCCCCCCN1C=CN(CCCCCC)C1CCCCC. The molecule has 1 aliphatic heterocycles. The highest BCUT2D eigenvalue weighted by molar-refractivity contribution is 4.96. The fourth-order valence-electron chi connectivity index (χ4n) is 4.07. The summed E-state index contributed by atoms with van der Waals surface area (Å²) in [4.78, 5) is 5.28. The van der Waals surface area contributed by atoms with Crippen molar-refractivity contribution in [1.29, 1.82) is 0 Å². The lowest BCUT2D eigenvalue weighted by atomic mass is 10.1. The maximum Gasteiger partial charge on any atom is 0.101 e. The molecule has 0 aliphatic carbocycles. The van der Waals surface area contributed by atoms with Gasteiger partial charge in [0.15, 0.2) is 0 Å². The highest BCUT2D eigenvalue weighted by Gasteiger charge is 2.24. The molecule has 0 aromatic heterocycles. The molecule has 1 heterocycles. The number of nitrogens with zero attached hydrogens (tertiary/aromatic N) is 2. The van der Waals surface area contributed by atoms with Gasteiger partial charge >= 0.3 is 0 Å². The largest absolute Gasteiger partial charge is 0.356 e. The van der Waals surface area contributed by atoms with E-state index in [2.05, 4.69) is 43.0 Å². The Labute approximate surface area is 165 Å². The zero-order valence-corrected chi connectivity index (χ0v) is 18.4. The summed E-state index contributed by atoms with van der Waals surface area (Å²) in [6.45, 7) is 9.42. The summed E-state index contributed by atoms with van der Waals surface area (Å²) in [5, 5.41) is 0. The van der Waals surface area contributed by atoms with E-state index in [1.165, 1.54) is 116 Å². The summed E-state index contributed by atoms with van der Waals surface area (Å²) in [5.74, 6) is 0. The summed E-state index contributed by atoms with van der Waals surface area (Å²) < 4.78 is 0. The maximum atomic E-state index is 2.65. The van der Waals surface area contributed by atoms with Crippen molar-refractivity contribution in [3.8, 4) is 0 Å². The molecule has 154 valence electrons.